The summed E-state index contributed by atoms with van der Waals surface area (Å²) >= 11 is 6.58. The fourth-order valence-corrected chi connectivity index (χ4v) is 5.42. The molecule has 1 aromatic carbocycles. The van der Waals surface area contributed by atoms with Crippen LogP contribution >= 0.6 is 11.6 Å². The number of allylic oxidation sites excluding steroid dienone is 4. The fourth-order valence-electron chi connectivity index (χ4n) is 5.15. The molecule has 0 amide bonds. The van der Waals surface area contributed by atoms with Crippen molar-refractivity contribution >= 4 is 29.1 Å². The van der Waals surface area contributed by atoms with Crippen molar-refractivity contribution in [1.82, 2.24) is 4.90 Å². The van der Waals surface area contributed by atoms with Gasteiger partial charge >= 0.3 is 5.97 Å². The van der Waals surface area contributed by atoms with E-state index in [0.29, 0.717) is 84.7 Å². The topological polar surface area (TPSA) is 93.1 Å². The number of ether oxygens (including phenoxy) is 2. The van der Waals surface area contributed by atoms with E-state index in [1.807, 2.05) is 6.92 Å². The molecule has 0 spiro atoms. The highest BCUT2D eigenvalue weighted by Crippen LogP contribution is 2.51. The average Bonchev–Trinajstić information content (AvgIpc) is 2.79. The van der Waals surface area contributed by atoms with Gasteiger partial charge in [-0.25, -0.2) is 0 Å². The van der Waals surface area contributed by atoms with Crippen LogP contribution in [0.5, 0.6) is 11.5 Å². The van der Waals surface area contributed by atoms with Crippen molar-refractivity contribution in [1.29, 1.82) is 0 Å². The Morgan fingerprint density at radius 1 is 1.12 bits per heavy atom. The van der Waals surface area contributed by atoms with Crippen molar-refractivity contribution in [3.8, 4) is 23.8 Å². The number of hydrogen-bond acceptors (Lipinski definition) is 6. The summed E-state index contributed by atoms with van der Waals surface area (Å²) in [4.78, 5) is 39.9. The molecule has 0 atom stereocenters. The number of ketones is 2. The first-order chi connectivity index (χ1) is 16.4. The van der Waals surface area contributed by atoms with Gasteiger partial charge in [0.2, 0.25) is 0 Å². The Bertz CT molecular complexity index is 1110. The summed E-state index contributed by atoms with van der Waals surface area (Å²) in [5.41, 5.74) is 2.99. The molecule has 0 fully saturated rings. The molecule has 0 radical (unpaired) electrons. The maximum absolute atomic E-state index is 13.3. The van der Waals surface area contributed by atoms with Crippen LogP contribution in [-0.2, 0) is 14.4 Å². The van der Waals surface area contributed by atoms with E-state index in [4.69, 9.17) is 27.5 Å². The maximum Gasteiger partial charge on any atom is 0.323 e. The van der Waals surface area contributed by atoms with Crippen LogP contribution < -0.4 is 9.47 Å². The van der Waals surface area contributed by atoms with Crippen LogP contribution in [0, 0.1) is 12.3 Å². The zero-order valence-electron chi connectivity index (χ0n) is 19.0. The van der Waals surface area contributed by atoms with E-state index in [1.54, 1.807) is 17.0 Å². The van der Waals surface area contributed by atoms with E-state index >= 15 is 0 Å². The van der Waals surface area contributed by atoms with Crippen molar-refractivity contribution in [2.24, 2.45) is 0 Å². The first-order valence-corrected chi connectivity index (χ1v) is 11.8. The van der Waals surface area contributed by atoms with Crippen LogP contribution in [0.1, 0.15) is 56.9 Å². The van der Waals surface area contributed by atoms with Crippen LogP contribution in [0.25, 0.3) is 0 Å². The van der Waals surface area contributed by atoms with Gasteiger partial charge in [0, 0.05) is 41.3 Å². The molecule has 1 heterocycles. The Balaban J connectivity index is 1.94. The van der Waals surface area contributed by atoms with Gasteiger partial charge in [0.05, 0.1) is 11.6 Å². The molecular weight excluding hydrogens is 458 g/mol. The Morgan fingerprint density at radius 3 is 2.26 bits per heavy atom. The monoisotopic (exact) mass is 483 g/mol. The van der Waals surface area contributed by atoms with E-state index in [0.717, 1.165) is 0 Å². The van der Waals surface area contributed by atoms with Gasteiger partial charge in [0.1, 0.15) is 13.2 Å². The number of benzene rings is 1. The predicted octanol–water partition coefficient (Wildman–Crippen LogP) is 4.25. The molecule has 7 nitrogen and oxygen atoms in total. The van der Waals surface area contributed by atoms with Crippen LogP contribution in [0.3, 0.4) is 0 Å². The third kappa shape index (κ3) is 4.30. The molecule has 34 heavy (non-hydrogen) atoms. The molecule has 8 heteroatoms. The van der Waals surface area contributed by atoms with Crippen LogP contribution in [0.4, 0.5) is 0 Å². The van der Waals surface area contributed by atoms with Gasteiger partial charge in [0.25, 0.3) is 0 Å². The Labute approximate surface area is 203 Å². The van der Waals surface area contributed by atoms with Crippen molar-refractivity contribution in [3.63, 3.8) is 0 Å². The van der Waals surface area contributed by atoms with Gasteiger partial charge in [-0.3, -0.25) is 14.4 Å². The Kier molecular flexibility index (Phi) is 6.99. The molecule has 1 aliphatic heterocycles. The summed E-state index contributed by atoms with van der Waals surface area (Å²) in [7, 11) is 0. The molecule has 0 aromatic heterocycles. The third-order valence-corrected chi connectivity index (χ3v) is 6.63. The van der Waals surface area contributed by atoms with Gasteiger partial charge in [-0.1, -0.05) is 17.5 Å². The van der Waals surface area contributed by atoms with E-state index < -0.39 is 11.9 Å². The highest BCUT2D eigenvalue weighted by atomic mass is 35.5. The zero-order valence-corrected chi connectivity index (χ0v) is 19.7. The lowest BCUT2D eigenvalue weighted by atomic mass is 9.71. The summed E-state index contributed by atoms with van der Waals surface area (Å²) in [5.74, 6) is 1.30. The third-order valence-electron chi connectivity index (χ3n) is 6.34. The molecular formula is C26H26ClNO6. The summed E-state index contributed by atoms with van der Waals surface area (Å²) in [6.45, 7) is 1.90. The number of carbonyl (C=O) groups is 3. The number of carboxylic acid groups (broad SMARTS) is 1. The molecule has 1 aromatic rings. The summed E-state index contributed by atoms with van der Waals surface area (Å²) in [5, 5.41) is 9.84. The van der Waals surface area contributed by atoms with Crippen LogP contribution in [0.2, 0.25) is 5.02 Å². The predicted molar refractivity (Wildman–Crippen MR) is 126 cm³/mol. The zero-order chi connectivity index (χ0) is 24.4. The lowest BCUT2D eigenvalue weighted by molar-refractivity contribution is -0.138. The Hall–Kier alpha value is -3.24. The number of rotatable bonds is 7. The molecule has 0 saturated carbocycles. The Morgan fingerprint density at radius 2 is 1.74 bits per heavy atom. The minimum absolute atomic E-state index is 0.00823. The van der Waals surface area contributed by atoms with Crippen molar-refractivity contribution in [3.05, 3.63) is 45.3 Å². The first-order valence-electron chi connectivity index (χ1n) is 11.4. The second kappa shape index (κ2) is 9.94. The lowest BCUT2D eigenvalue weighted by Crippen LogP contribution is -2.41. The molecule has 4 rings (SSSR count). The molecule has 2 aliphatic carbocycles. The van der Waals surface area contributed by atoms with Gasteiger partial charge in [-0.15, -0.1) is 6.42 Å². The number of halogens is 1. The quantitative estimate of drug-likeness (QED) is 0.579. The van der Waals surface area contributed by atoms with Crippen LogP contribution in [-0.4, -0.2) is 47.3 Å². The van der Waals surface area contributed by atoms with Gasteiger partial charge < -0.3 is 19.5 Å². The number of aliphatic carboxylic acids is 1. The maximum atomic E-state index is 13.3. The van der Waals surface area contributed by atoms with Gasteiger partial charge in [-0.05, 0) is 50.3 Å². The minimum atomic E-state index is -1.01. The van der Waals surface area contributed by atoms with Crippen molar-refractivity contribution in [2.45, 2.75) is 51.4 Å². The number of nitrogens with zero attached hydrogens (tertiary/aromatic N) is 1. The van der Waals surface area contributed by atoms with Crippen molar-refractivity contribution in [2.75, 3.05) is 19.8 Å². The SMILES string of the molecule is C#CCOc1c(Cl)cc(C2C3=C(CCCC3=O)N(CC(=O)O)C3=C2C(=O)CCC3)cc1OCC. The molecule has 0 saturated heterocycles. The van der Waals surface area contributed by atoms with Crippen molar-refractivity contribution < 1.29 is 29.0 Å². The number of hydrogen-bond donors (Lipinski definition) is 1. The standard InChI is InChI=1S/C26H26ClNO6/c1-3-11-34-26-16(27)12-15(13-21(26)33-4-2)23-24-17(7-5-9-19(24)29)28(14-22(31)32)18-8-6-10-20(30)25(18)23/h1,12-13,23H,4-11,14H2,2H3,(H,31,32). The second-order valence-corrected chi connectivity index (χ2v) is 8.85. The lowest BCUT2D eigenvalue weighted by Gasteiger charge is -2.43. The fraction of sp³-hybridized carbons (Fsp3) is 0.423. The van der Waals surface area contributed by atoms with Gasteiger partial charge in [-0.2, -0.15) is 0 Å². The van der Waals surface area contributed by atoms with Crippen LogP contribution in [0.15, 0.2) is 34.7 Å². The normalized spacial score (nSPS) is 18.4. The molecule has 0 unspecified atom stereocenters. The van der Waals surface area contributed by atoms with E-state index in [1.165, 1.54) is 0 Å². The van der Waals surface area contributed by atoms with E-state index in [2.05, 4.69) is 5.92 Å². The molecule has 0 bridgehead atoms. The molecule has 178 valence electrons. The van der Waals surface area contributed by atoms with E-state index in [9.17, 15) is 19.5 Å². The second-order valence-electron chi connectivity index (χ2n) is 8.44. The molecule has 3 aliphatic rings. The van der Waals surface area contributed by atoms with E-state index in [-0.39, 0.29) is 29.7 Å². The largest absolute Gasteiger partial charge is 0.490 e. The highest BCUT2D eigenvalue weighted by Gasteiger charge is 2.44. The minimum Gasteiger partial charge on any atom is -0.490 e. The smallest absolute Gasteiger partial charge is 0.323 e. The first kappa shape index (κ1) is 23.9. The summed E-state index contributed by atoms with van der Waals surface area (Å²) < 4.78 is 11.4. The number of carbonyl (C=O) groups excluding carboxylic acids is 2. The summed E-state index contributed by atoms with van der Waals surface area (Å²) in [6.07, 6.45) is 8.46. The molecule has 1 N–H and O–H groups in total. The number of carboxylic acids is 1. The summed E-state index contributed by atoms with van der Waals surface area (Å²) in [6, 6.07) is 3.43. The number of terminal acetylenes is 1. The average molecular weight is 484 g/mol. The highest BCUT2D eigenvalue weighted by molar-refractivity contribution is 6.32. The number of Topliss-reactive ketones (excluding diaryl/α,β-unsaturated/α-hetero) is 2. The van der Waals surface area contributed by atoms with Gasteiger partial charge in [0.15, 0.2) is 23.1 Å².